The first-order valence-electron chi connectivity index (χ1n) is 10.9. The molecule has 0 radical (unpaired) electrons. The van der Waals surface area contributed by atoms with Gasteiger partial charge in [-0.05, 0) is 80.6 Å². The Balaban J connectivity index is 1.95. The first kappa shape index (κ1) is 23.7. The maximum absolute atomic E-state index is 13.4. The van der Waals surface area contributed by atoms with E-state index in [0.717, 1.165) is 51.4 Å². The van der Waals surface area contributed by atoms with Crippen LogP contribution in [0.1, 0.15) is 59.3 Å². The first-order valence-corrected chi connectivity index (χ1v) is 11.8. The van der Waals surface area contributed by atoms with Crippen LogP contribution in [0.15, 0.2) is 36.4 Å². The molecular formula is C26H31N3O2S. The third-order valence-corrected chi connectivity index (χ3v) is 6.40. The van der Waals surface area contributed by atoms with Crippen molar-refractivity contribution in [3.63, 3.8) is 0 Å². The Hall–Kier alpha value is -2.99. The van der Waals surface area contributed by atoms with Gasteiger partial charge in [-0.1, -0.05) is 42.9 Å². The van der Waals surface area contributed by atoms with Gasteiger partial charge < -0.3 is 4.74 Å². The van der Waals surface area contributed by atoms with Gasteiger partial charge in [0.1, 0.15) is 10.8 Å². The molecule has 0 N–H and O–H groups in total. The third-order valence-electron chi connectivity index (χ3n) is 5.40. The topological polar surface area (TPSA) is 55.3 Å². The number of aromatic nitrogens is 2. The lowest BCUT2D eigenvalue weighted by atomic mass is 10.0. The van der Waals surface area contributed by atoms with Crippen molar-refractivity contribution >= 4 is 28.5 Å². The van der Waals surface area contributed by atoms with E-state index in [2.05, 4.69) is 29.3 Å². The average molecular weight is 450 g/mol. The maximum atomic E-state index is 13.4. The van der Waals surface area contributed by atoms with Crippen LogP contribution in [-0.4, -0.2) is 29.8 Å². The van der Waals surface area contributed by atoms with Gasteiger partial charge in [-0.15, -0.1) is 10.2 Å². The average Bonchev–Trinajstić information content (AvgIpc) is 3.25. The van der Waals surface area contributed by atoms with Crippen molar-refractivity contribution in [1.82, 2.24) is 10.2 Å². The Kier molecular flexibility index (Phi) is 7.80. The predicted octanol–water partition coefficient (Wildman–Crippen LogP) is 6.62. The molecule has 2 aromatic carbocycles. The lowest BCUT2D eigenvalue weighted by Crippen LogP contribution is -2.32. The summed E-state index contributed by atoms with van der Waals surface area (Å²) in [5.74, 6) is 0.841. The van der Waals surface area contributed by atoms with E-state index in [1.54, 1.807) is 12.0 Å². The predicted molar refractivity (Wildman–Crippen MR) is 134 cm³/mol. The van der Waals surface area contributed by atoms with Crippen molar-refractivity contribution in [3.8, 4) is 16.3 Å². The van der Waals surface area contributed by atoms with Crippen molar-refractivity contribution in [2.24, 2.45) is 0 Å². The van der Waals surface area contributed by atoms with Gasteiger partial charge in [-0.25, -0.2) is 0 Å². The van der Waals surface area contributed by atoms with Crippen LogP contribution in [0.4, 0.5) is 5.13 Å². The number of nitrogens with zero attached hydrogens (tertiary/aromatic N) is 3. The fourth-order valence-corrected chi connectivity index (χ4v) is 4.62. The molecule has 0 bridgehead atoms. The van der Waals surface area contributed by atoms with Crippen molar-refractivity contribution < 1.29 is 9.53 Å². The molecule has 5 nitrogen and oxygen atoms in total. The molecule has 0 aliphatic carbocycles. The molecule has 0 saturated carbocycles. The van der Waals surface area contributed by atoms with Gasteiger partial charge in [0.2, 0.25) is 5.13 Å². The monoisotopic (exact) mass is 449 g/mol. The standard InChI is InChI=1S/C26H31N3O2S/c1-7-9-13-29(25(30)21-12-11-20(10-8-2)17(3)14-21)26-28-27-24(32-26)22-15-18(4)23(31-6)19(5)16-22/h8,10-12,14-16H,7,9,13H2,1-6H3. The summed E-state index contributed by atoms with van der Waals surface area (Å²) in [5.41, 5.74) is 5.95. The Morgan fingerprint density at radius 2 is 1.81 bits per heavy atom. The summed E-state index contributed by atoms with van der Waals surface area (Å²) in [7, 11) is 1.68. The highest BCUT2D eigenvalue weighted by Gasteiger charge is 2.22. The minimum absolute atomic E-state index is 0.0432. The summed E-state index contributed by atoms with van der Waals surface area (Å²) in [6.45, 7) is 10.8. The molecule has 0 fully saturated rings. The molecule has 32 heavy (non-hydrogen) atoms. The van der Waals surface area contributed by atoms with Crippen LogP contribution >= 0.6 is 11.3 Å². The zero-order valence-corrected chi connectivity index (χ0v) is 20.5. The molecule has 0 saturated heterocycles. The van der Waals surface area contributed by atoms with E-state index >= 15 is 0 Å². The number of anilines is 1. The van der Waals surface area contributed by atoms with E-state index in [4.69, 9.17) is 4.74 Å². The number of carbonyl (C=O) groups is 1. The second kappa shape index (κ2) is 10.6. The molecule has 0 aliphatic rings. The summed E-state index contributed by atoms with van der Waals surface area (Å²) in [6, 6.07) is 9.95. The number of allylic oxidation sites excluding steroid dienone is 1. The van der Waals surface area contributed by atoms with E-state index in [-0.39, 0.29) is 5.91 Å². The second-order valence-electron chi connectivity index (χ2n) is 7.91. The molecule has 0 atom stereocenters. The summed E-state index contributed by atoms with van der Waals surface area (Å²) in [5, 5.41) is 10.2. The highest BCUT2D eigenvalue weighted by molar-refractivity contribution is 7.18. The first-order chi connectivity index (χ1) is 15.4. The number of hydrogen-bond donors (Lipinski definition) is 0. The normalized spacial score (nSPS) is 11.2. The lowest BCUT2D eigenvalue weighted by molar-refractivity contribution is 0.0986. The smallest absolute Gasteiger partial charge is 0.260 e. The summed E-state index contributed by atoms with van der Waals surface area (Å²) in [4.78, 5) is 15.2. The molecule has 1 aromatic heterocycles. The number of aryl methyl sites for hydroxylation is 3. The highest BCUT2D eigenvalue weighted by atomic mass is 32.1. The Morgan fingerprint density at radius 1 is 1.09 bits per heavy atom. The Morgan fingerprint density at radius 3 is 2.41 bits per heavy atom. The van der Waals surface area contributed by atoms with Gasteiger partial charge in [0.15, 0.2) is 0 Å². The van der Waals surface area contributed by atoms with E-state index in [1.807, 2.05) is 58.0 Å². The summed E-state index contributed by atoms with van der Waals surface area (Å²) < 4.78 is 5.48. The second-order valence-corrected chi connectivity index (χ2v) is 8.87. The Labute approximate surface area is 194 Å². The summed E-state index contributed by atoms with van der Waals surface area (Å²) in [6.07, 6.45) is 5.94. The van der Waals surface area contributed by atoms with Crippen LogP contribution in [-0.2, 0) is 0 Å². The van der Waals surface area contributed by atoms with Crippen molar-refractivity contribution in [1.29, 1.82) is 0 Å². The molecule has 0 unspecified atom stereocenters. The number of methoxy groups -OCH3 is 1. The zero-order valence-electron chi connectivity index (χ0n) is 19.7. The van der Waals surface area contributed by atoms with Crippen molar-refractivity contribution in [2.45, 2.75) is 47.5 Å². The van der Waals surface area contributed by atoms with Crippen LogP contribution in [0.5, 0.6) is 5.75 Å². The molecule has 3 rings (SSSR count). The fourth-order valence-electron chi connectivity index (χ4n) is 3.77. The number of rotatable bonds is 8. The van der Waals surface area contributed by atoms with Crippen LogP contribution in [0, 0.1) is 20.8 Å². The number of unbranched alkanes of at least 4 members (excludes halogenated alkanes) is 1. The van der Waals surface area contributed by atoms with Crippen molar-refractivity contribution in [3.05, 3.63) is 64.2 Å². The highest BCUT2D eigenvalue weighted by Crippen LogP contribution is 2.34. The van der Waals surface area contributed by atoms with Crippen LogP contribution < -0.4 is 9.64 Å². The molecule has 0 aliphatic heterocycles. The third kappa shape index (κ3) is 5.07. The minimum atomic E-state index is -0.0432. The van der Waals surface area contributed by atoms with Crippen LogP contribution in [0.3, 0.4) is 0 Å². The van der Waals surface area contributed by atoms with Gasteiger partial charge in [0.05, 0.1) is 7.11 Å². The largest absolute Gasteiger partial charge is 0.496 e. The molecule has 1 heterocycles. The van der Waals surface area contributed by atoms with E-state index in [9.17, 15) is 4.79 Å². The summed E-state index contributed by atoms with van der Waals surface area (Å²) >= 11 is 1.44. The quantitative estimate of drug-likeness (QED) is 0.388. The molecular weight excluding hydrogens is 418 g/mol. The minimum Gasteiger partial charge on any atom is -0.496 e. The van der Waals surface area contributed by atoms with Gasteiger partial charge in [0, 0.05) is 17.7 Å². The van der Waals surface area contributed by atoms with Gasteiger partial charge in [-0.3, -0.25) is 9.69 Å². The zero-order chi connectivity index (χ0) is 23.3. The number of amides is 1. The van der Waals surface area contributed by atoms with Crippen molar-refractivity contribution in [2.75, 3.05) is 18.6 Å². The number of ether oxygens (including phenoxy) is 1. The van der Waals surface area contributed by atoms with Crippen LogP contribution in [0.25, 0.3) is 16.6 Å². The molecule has 6 heteroatoms. The lowest BCUT2D eigenvalue weighted by Gasteiger charge is -2.19. The fraction of sp³-hybridized carbons (Fsp3) is 0.346. The van der Waals surface area contributed by atoms with E-state index in [1.165, 1.54) is 11.3 Å². The van der Waals surface area contributed by atoms with Gasteiger partial charge in [0.25, 0.3) is 5.91 Å². The number of hydrogen-bond acceptors (Lipinski definition) is 5. The van der Waals surface area contributed by atoms with E-state index < -0.39 is 0 Å². The molecule has 168 valence electrons. The SMILES string of the molecule is CC=Cc1ccc(C(=O)N(CCCC)c2nnc(-c3cc(C)c(OC)c(C)c3)s2)cc1C. The maximum Gasteiger partial charge on any atom is 0.260 e. The van der Waals surface area contributed by atoms with E-state index in [0.29, 0.717) is 17.2 Å². The molecule has 1 amide bonds. The van der Waals surface area contributed by atoms with Crippen LogP contribution in [0.2, 0.25) is 0 Å². The van der Waals surface area contributed by atoms with Gasteiger partial charge in [-0.2, -0.15) is 0 Å². The van der Waals surface area contributed by atoms with Gasteiger partial charge >= 0.3 is 0 Å². The molecule has 3 aromatic rings. The number of carbonyl (C=O) groups excluding carboxylic acids is 1. The molecule has 0 spiro atoms. The Bertz CT molecular complexity index is 1110. The number of benzene rings is 2.